The van der Waals surface area contributed by atoms with Crippen molar-refractivity contribution in [1.29, 1.82) is 0 Å². The molecule has 1 aliphatic rings. The van der Waals surface area contributed by atoms with Crippen LogP contribution in [-0.2, 0) is 16.0 Å². The maximum absolute atomic E-state index is 13.5. The van der Waals surface area contributed by atoms with Gasteiger partial charge in [-0.2, -0.15) is 0 Å². The molecule has 0 aromatic heterocycles. The summed E-state index contributed by atoms with van der Waals surface area (Å²) in [5.41, 5.74) is 1.45. The van der Waals surface area contributed by atoms with E-state index in [0.717, 1.165) is 18.4 Å². The van der Waals surface area contributed by atoms with Crippen molar-refractivity contribution >= 4 is 5.78 Å². The van der Waals surface area contributed by atoms with Crippen LogP contribution in [0.25, 0.3) is 0 Å². The number of methoxy groups -OCH3 is 1. The predicted octanol–water partition coefficient (Wildman–Crippen LogP) is 4.87. The number of benzene rings is 2. The number of ketones is 1. The summed E-state index contributed by atoms with van der Waals surface area (Å²) in [5, 5.41) is 0. The molecule has 0 heterocycles. The van der Waals surface area contributed by atoms with Gasteiger partial charge in [-0.15, -0.1) is 0 Å². The fourth-order valence-corrected chi connectivity index (χ4v) is 3.42. The van der Waals surface area contributed by atoms with E-state index in [2.05, 4.69) is 12.1 Å². The van der Waals surface area contributed by atoms with E-state index >= 15 is 0 Å². The van der Waals surface area contributed by atoms with Gasteiger partial charge in [-0.25, -0.2) is 0 Å². The number of hydrogen-bond acceptors (Lipinski definition) is 2. The van der Waals surface area contributed by atoms with Crippen molar-refractivity contribution in [2.24, 2.45) is 0 Å². The van der Waals surface area contributed by atoms with E-state index in [1.165, 1.54) is 5.56 Å². The number of hydrogen-bond donors (Lipinski definition) is 0. The topological polar surface area (TPSA) is 26.3 Å². The number of aryl methyl sites for hydroxylation is 1. The van der Waals surface area contributed by atoms with Gasteiger partial charge in [0.05, 0.1) is 0 Å². The second kappa shape index (κ2) is 8.09. The first-order chi connectivity index (χ1) is 12.2. The number of carbonyl (C=O) groups is 1. The average Bonchev–Trinajstić information content (AvgIpc) is 2.70. The zero-order valence-corrected chi connectivity index (χ0v) is 14.6. The van der Waals surface area contributed by atoms with Gasteiger partial charge >= 0.3 is 0 Å². The zero-order valence-electron chi connectivity index (χ0n) is 14.6. The van der Waals surface area contributed by atoms with E-state index in [1.54, 1.807) is 7.11 Å². The Bertz CT molecular complexity index is 746. The first-order valence-electron chi connectivity index (χ1n) is 8.78. The molecule has 128 valence electrons. The highest BCUT2D eigenvalue weighted by Crippen LogP contribution is 2.33. The summed E-state index contributed by atoms with van der Waals surface area (Å²) >= 11 is 0. The molecular weight excluding hydrogens is 308 g/mol. The van der Waals surface area contributed by atoms with Crippen molar-refractivity contribution in [1.82, 2.24) is 0 Å². The van der Waals surface area contributed by atoms with Crippen molar-refractivity contribution in [3.8, 4) is 0 Å². The lowest BCUT2D eigenvalue weighted by atomic mass is 9.78. The highest BCUT2D eigenvalue weighted by Gasteiger charge is 2.40. The third kappa shape index (κ3) is 3.97. The van der Waals surface area contributed by atoms with Crippen molar-refractivity contribution < 1.29 is 9.53 Å². The third-order valence-corrected chi connectivity index (χ3v) is 4.90. The lowest BCUT2D eigenvalue weighted by Crippen LogP contribution is -2.42. The molecule has 0 bridgehead atoms. The molecular formula is C23H24O2. The summed E-state index contributed by atoms with van der Waals surface area (Å²) in [6, 6.07) is 20.4. The number of allylic oxidation sites excluding steroid dienone is 2. The van der Waals surface area contributed by atoms with Gasteiger partial charge in [-0.3, -0.25) is 4.79 Å². The van der Waals surface area contributed by atoms with E-state index in [4.69, 9.17) is 4.74 Å². The second-order valence-corrected chi connectivity index (χ2v) is 6.44. The molecule has 3 rings (SSSR count). The van der Waals surface area contributed by atoms with Gasteiger partial charge in [0.1, 0.15) is 5.60 Å². The lowest BCUT2D eigenvalue weighted by Gasteiger charge is -2.32. The summed E-state index contributed by atoms with van der Waals surface area (Å²) in [7, 11) is 1.63. The minimum atomic E-state index is -0.855. The van der Waals surface area contributed by atoms with E-state index in [1.807, 2.05) is 72.8 Å². The SMILES string of the molecule is COC1(C(=O)C(CCc2ccccc2)c2ccccc2)C=CC=CC1. The van der Waals surface area contributed by atoms with Crippen LogP contribution in [0.15, 0.2) is 85.0 Å². The number of Topliss-reactive ketones (excluding diaryl/α,β-unsaturated/α-hetero) is 1. The highest BCUT2D eigenvalue weighted by molar-refractivity contribution is 5.95. The Labute approximate surface area is 149 Å². The normalized spacial score (nSPS) is 20.4. The first kappa shape index (κ1) is 17.4. The van der Waals surface area contributed by atoms with Gasteiger partial charge in [-0.1, -0.05) is 78.9 Å². The number of rotatable bonds is 7. The first-order valence-corrected chi connectivity index (χ1v) is 8.78. The highest BCUT2D eigenvalue weighted by atomic mass is 16.5. The second-order valence-electron chi connectivity index (χ2n) is 6.44. The van der Waals surface area contributed by atoms with Crippen LogP contribution in [0, 0.1) is 0 Å². The molecule has 0 spiro atoms. The van der Waals surface area contributed by atoms with Crippen LogP contribution < -0.4 is 0 Å². The molecule has 0 saturated heterocycles. The van der Waals surface area contributed by atoms with Gasteiger partial charge < -0.3 is 4.74 Å². The molecule has 2 unspecified atom stereocenters. The van der Waals surface area contributed by atoms with Crippen molar-refractivity contribution in [2.75, 3.05) is 7.11 Å². The predicted molar refractivity (Wildman–Crippen MR) is 102 cm³/mol. The largest absolute Gasteiger partial charge is 0.366 e. The van der Waals surface area contributed by atoms with Gasteiger partial charge in [0.15, 0.2) is 5.78 Å². The molecule has 0 saturated carbocycles. The molecule has 25 heavy (non-hydrogen) atoms. The molecule has 2 aromatic rings. The summed E-state index contributed by atoms with van der Waals surface area (Å²) < 4.78 is 5.71. The van der Waals surface area contributed by atoms with Crippen LogP contribution in [0.5, 0.6) is 0 Å². The van der Waals surface area contributed by atoms with E-state index in [0.29, 0.717) is 6.42 Å². The summed E-state index contributed by atoms with van der Waals surface area (Å²) in [5.74, 6) is -0.0461. The molecule has 0 aliphatic heterocycles. The molecule has 2 nitrogen and oxygen atoms in total. The maximum atomic E-state index is 13.5. The molecule has 2 atom stereocenters. The van der Waals surface area contributed by atoms with Crippen molar-refractivity contribution in [3.05, 3.63) is 96.1 Å². The van der Waals surface area contributed by atoms with Crippen LogP contribution in [0.1, 0.15) is 29.9 Å². The Morgan fingerprint density at radius 2 is 1.72 bits per heavy atom. The van der Waals surface area contributed by atoms with Crippen molar-refractivity contribution in [3.63, 3.8) is 0 Å². The molecule has 0 fully saturated rings. The summed E-state index contributed by atoms with van der Waals surface area (Å²) in [4.78, 5) is 13.5. The van der Waals surface area contributed by atoms with Gasteiger partial charge in [0, 0.05) is 19.4 Å². The number of carbonyl (C=O) groups excluding carboxylic acids is 1. The Morgan fingerprint density at radius 1 is 1.04 bits per heavy atom. The Balaban J connectivity index is 1.87. The van der Waals surface area contributed by atoms with Crippen molar-refractivity contribution in [2.45, 2.75) is 30.8 Å². The third-order valence-electron chi connectivity index (χ3n) is 4.90. The Kier molecular flexibility index (Phi) is 5.62. The minimum absolute atomic E-state index is 0.137. The average molecular weight is 332 g/mol. The molecule has 0 radical (unpaired) electrons. The zero-order chi connectivity index (χ0) is 17.5. The fraction of sp³-hybridized carbons (Fsp3) is 0.261. The fourth-order valence-electron chi connectivity index (χ4n) is 3.42. The molecule has 2 heteroatoms. The van der Waals surface area contributed by atoms with E-state index < -0.39 is 5.60 Å². The number of ether oxygens (including phenoxy) is 1. The smallest absolute Gasteiger partial charge is 0.176 e. The monoisotopic (exact) mass is 332 g/mol. The molecule has 2 aromatic carbocycles. The lowest BCUT2D eigenvalue weighted by molar-refractivity contribution is -0.137. The quantitative estimate of drug-likeness (QED) is 0.723. The maximum Gasteiger partial charge on any atom is 0.176 e. The van der Waals surface area contributed by atoms with Crippen LogP contribution in [0.4, 0.5) is 0 Å². The van der Waals surface area contributed by atoms with Gasteiger partial charge in [0.25, 0.3) is 0 Å². The standard InChI is InChI=1S/C23H24O2/c1-25-23(17-9-4-10-18-23)22(24)21(20-13-7-3-8-14-20)16-15-19-11-5-2-6-12-19/h2-14,17,21H,15-16,18H2,1H3. The molecule has 1 aliphatic carbocycles. The van der Waals surface area contributed by atoms with Crippen LogP contribution >= 0.6 is 0 Å². The van der Waals surface area contributed by atoms with E-state index in [-0.39, 0.29) is 11.7 Å². The van der Waals surface area contributed by atoms with Crippen LogP contribution in [0.2, 0.25) is 0 Å². The van der Waals surface area contributed by atoms with Gasteiger partial charge in [0.2, 0.25) is 0 Å². The minimum Gasteiger partial charge on any atom is -0.366 e. The molecule has 0 N–H and O–H groups in total. The Morgan fingerprint density at radius 3 is 2.32 bits per heavy atom. The molecule has 0 amide bonds. The Hall–Kier alpha value is -2.45. The van der Waals surface area contributed by atoms with E-state index in [9.17, 15) is 4.79 Å². The summed E-state index contributed by atoms with van der Waals surface area (Å²) in [6.45, 7) is 0. The van der Waals surface area contributed by atoms with Gasteiger partial charge in [-0.05, 0) is 30.0 Å². The summed E-state index contributed by atoms with van der Waals surface area (Å²) in [6.07, 6.45) is 10.00. The van der Waals surface area contributed by atoms with Crippen LogP contribution in [0.3, 0.4) is 0 Å². The van der Waals surface area contributed by atoms with Crippen LogP contribution in [-0.4, -0.2) is 18.5 Å².